The van der Waals surface area contributed by atoms with Crippen LogP contribution in [0, 0.1) is 5.92 Å². The van der Waals surface area contributed by atoms with Gasteiger partial charge >= 0.3 is 0 Å². The SMILES string of the molecule is C[C@@]1(n2nc(C(=O)NC3(c4ccccn4)CCC3)c3c2[C@@H]2C[C@@H]2C3)CCS(=O)(=O)C1. The topological polar surface area (TPSA) is 93.9 Å². The molecule has 1 saturated heterocycles. The largest absolute Gasteiger partial charge is 0.340 e. The number of fused-ring (bicyclic) bond motifs is 3. The van der Waals surface area contributed by atoms with Crippen LogP contribution in [0.4, 0.5) is 0 Å². The highest BCUT2D eigenvalue weighted by atomic mass is 32.2. The summed E-state index contributed by atoms with van der Waals surface area (Å²) in [7, 11) is -3.06. The first-order valence-corrected chi connectivity index (χ1v) is 12.7. The number of nitrogens with one attached hydrogen (secondary N) is 1. The van der Waals surface area contributed by atoms with E-state index in [0.717, 1.165) is 49.1 Å². The maximum Gasteiger partial charge on any atom is 0.272 e. The lowest BCUT2D eigenvalue weighted by molar-refractivity contribution is 0.0808. The summed E-state index contributed by atoms with van der Waals surface area (Å²) in [6, 6.07) is 5.81. The van der Waals surface area contributed by atoms with Gasteiger partial charge in [0.1, 0.15) is 0 Å². The van der Waals surface area contributed by atoms with Crippen molar-refractivity contribution in [3.63, 3.8) is 0 Å². The molecule has 3 fully saturated rings. The second-order valence-corrected chi connectivity index (χ2v) is 12.1. The van der Waals surface area contributed by atoms with Crippen molar-refractivity contribution < 1.29 is 13.2 Å². The third kappa shape index (κ3) is 2.62. The van der Waals surface area contributed by atoms with Crippen molar-refractivity contribution in [2.24, 2.45) is 5.92 Å². The van der Waals surface area contributed by atoms with Crippen LogP contribution in [0.2, 0.25) is 0 Å². The van der Waals surface area contributed by atoms with Crippen molar-refractivity contribution in [2.75, 3.05) is 11.5 Å². The lowest BCUT2D eigenvalue weighted by Crippen LogP contribution is -2.51. The molecule has 1 aliphatic heterocycles. The Morgan fingerprint density at radius 1 is 1.27 bits per heavy atom. The van der Waals surface area contributed by atoms with E-state index in [1.807, 2.05) is 29.8 Å². The molecule has 1 N–H and O–H groups in total. The van der Waals surface area contributed by atoms with Crippen molar-refractivity contribution in [3.05, 3.63) is 47.0 Å². The maximum atomic E-state index is 13.4. The van der Waals surface area contributed by atoms with Crippen molar-refractivity contribution >= 4 is 15.7 Å². The number of pyridine rings is 1. The molecule has 7 nitrogen and oxygen atoms in total. The highest BCUT2D eigenvalue weighted by Crippen LogP contribution is 2.58. The molecule has 0 bridgehead atoms. The lowest BCUT2D eigenvalue weighted by Gasteiger charge is -2.41. The van der Waals surface area contributed by atoms with Crippen LogP contribution in [-0.2, 0) is 27.3 Å². The van der Waals surface area contributed by atoms with Crippen molar-refractivity contribution in [1.29, 1.82) is 0 Å². The Morgan fingerprint density at radius 2 is 2.10 bits per heavy atom. The molecule has 0 aromatic carbocycles. The molecule has 1 amide bonds. The fourth-order valence-electron chi connectivity index (χ4n) is 5.77. The Labute approximate surface area is 176 Å². The molecule has 2 saturated carbocycles. The summed E-state index contributed by atoms with van der Waals surface area (Å²) in [4.78, 5) is 17.9. The predicted molar refractivity (Wildman–Crippen MR) is 111 cm³/mol. The maximum absolute atomic E-state index is 13.4. The smallest absolute Gasteiger partial charge is 0.272 e. The number of sulfone groups is 1. The fraction of sp³-hybridized carbons (Fsp3) is 0.591. The number of hydrogen-bond acceptors (Lipinski definition) is 5. The third-order valence-corrected chi connectivity index (χ3v) is 9.58. The molecule has 4 aliphatic rings. The summed E-state index contributed by atoms with van der Waals surface area (Å²) >= 11 is 0. The number of carbonyl (C=O) groups is 1. The van der Waals surface area contributed by atoms with E-state index in [0.29, 0.717) is 24.0 Å². The zero-order chi connectivity index (χ0) is 20.7. The van der Waals surface area contributed by atoms with E-state index in [-0.39, 0.29) is 17.4 Å². The van der Waals surface area contributed by atoms with E-state index in [4.69, 9.17) is 5.10 Å². The molecular formula is C22H26N4O3S. The van der Waals surface area contributed by atoms with Gasteiger partial charge in [0.2, 0.25) is 0 Å². The van der Waals surface area contributed by atoms with Crippen LogP contribution < -0.4 is 5.32 Å². The van der Waals surface area contributed by atoms with Crippen molar-refractivity contribution in [2.45, 2.75) is 62.4 Å². The molecule has 2 aromatic heterocycles. The van der Waals surface area contributed by atoms with E-state index in [2.05, 4.69) is 10.3 Å². The molecule has 8 heteroatoms. The molecule has 2 aromatic rings. The fourth-order valence-corrected chi connectivity index (χ4v) is 7.88. The first-order valence-electron chi connectivity index (χ1n) is 10.9. The number of rotatable bonds is 4. The zero-order valence-corrected chi connectivity index (χ0v) is 17.9. The minimum atomic E-state index is -3.06. The summed E-state index contributed by atoms with van der Waals surface area (Å²) in [5.74, 6) is 1.16. The molecule has 0 radical (unpaired) electrons. The number of amides is 1. The standard InChI is InChI=1S/C22H26N4O3S/c1-21(8-10-30(28,29)13-21)26-19-15-11-14(15)12-16(19)18(25-26)20(27)24-22(6-4-7-22)17-5-2-3-9-23-17/h2-3,5,9,14-15H,4,6-8,10-13H2,1H3,(H,24,27)/t14-,15-,21-/m1/s1. The third-order valence-electron chi connectivity index (χ3n) is 7.69. The van der Waals surface area contributed by atoms with Gasteiger partial charge in [-0.2, -0.15) is 5.10 Å². The van der Waals surface area contributed by atoms with Gasteiger partial charge in [0.15, 0.2) is 15.5 Å². The van der Waals surface area contributed by atoms with Gasteiger partial charge in [0.05, 0.1) is 28.3 Å². The Balaban J connectivity index is 1.37. The van der Waals surface area contributed by atoms with E-state index in [1.165, 1.54) is 0 Å². The minimum Gasteiger partial charge on any atom is -0.340 e. The van der Waals surface area contributed by atoms with Crippen molar-refractivity contribution in [3.8, 4) is 0 Å². The first kappa shape index (κ1) is 18.5. The molecular weight excluding hydrogens is 400 g/mol. The summed E-state index contributed by atoms with van der Waals surface area (Å²) in [6.07, 6.45) is 7.13. The van der Waals surface area contributed by atoms with E-state index in [9.17, 15) is 13.2 Å². The Morgan fingerprint density at radius 3 is 2.73 bits per heavy atom. The van der Waals surface area contributed by atoms with E-state index < -0.39 is 20.9 Å². The van der Waals surface area contributed by atoms with Crippen LogP contribution in [0.5, 0.6) is 0 Å². The van der Waals surface area contributed by atoms with Gasteiger partial charge in [0, 0.05) is 23.4 Å². The second-order valence-electron chi connectivity index (χ2n) is 9.87. The predicted octanol–water partition coefficient (Wildman–Crippen LogP) is 2.28. The zero-order valence-electron chi connectivity index (χ0n) is 17.1. The molecule has 3 aliphatic carbocycles. The van der Waals surface area contributed by atoms with E-state index in [1.54, 1.807) is 6.20 Å². The number of carbonyl (C=O) groups excluding carboxylic acids is 1. The van der Waals surface area contributed by atoms with Gasteiger partial charge in [0.25, 0.3) is 5.91 Å². The van der Waals surface area contributed by atoms with E-state index >= 15 is 0 Å². The highest BCUT2D eigenvalue weighted by molar-refractivity contribution is 7.91. The van der Waals surface area contributed by atoms with Crippen LogP contribution >= 0.6 is 0 Å². The highest BCUT2D eigenvalue weighted by Gasteiger charge is 2.54. The van der Waals surface area contributed by atoms with Gasteiger partial charge in [-0.1, -0.05) is 6.07 Å². The van der Waals surface area contributed by atoms with Crippen LogP contribution in [0.15, 0.2) is 24.4 Å². The minimum absolute atomic E-state index is 0.102. The van der Waals surface area contributed by atoms with Gasteiger partial charge in [-0.3, -0.25) is 14.5 Å². The Hall–Kier alpha value is -2.22. The first-order chi connectivity index (χ1) is 14.3. The monoisotopic (exact) mass is 426 g/mol. The van der Waals surface area contributed by atoms with Crippen LogP contribution in [-0.4, -0.2) is 40.6 Å². The van der Waals surface area contributed by atoms with Crippen LogP contribution in [0.1, 0.15) is 72.4 Å². The second kappa shape index (κ2) is 5.93. The van der Waals surface area contributed by atoms with Gasteiger partial charge < -0.3 is 5.32 Å². The average Bonchev–Trinajstić information content (AvgIpc) is 3.03. The molecule has 0 unspecified atom stereocenters. The summed E-state index contributed by atoms with van der Waals surface area (Å²) in [5.41, 5.74) is 2.56. The lowest BCUT2D eigenvalue weighted by atomic mass is 9.74. The number of aromatic nitrogens is 3. The van der Waals surface area contributed by atoms with Crippen molar-refractivity contribution in [1.82, 2.24) is 20.1 Å². The summed E-state index contributed by atoms with van der Waals surface area (Å²) < 4.78 is 26.4. The van der Waals surface area contributed by atoms with Gasteiger partial charge in [-0.05, 0) is 63.5 Å². The Bertz CT molecular complexity index is 1150. The van der Waals surface area contributed by atoms with Crippen LogP contribution in [0.3, 0.4) is 0 Å². The molecule has 6 rings (SSSR count). The molecule has 30 heavy (non-hydrogen) atoms. The molecule has 3 heterocycles. The van der Waals surface area contributed by atoms with Gasteiger partial charge in [-0.15, -0.1) is 0 Å². The number of hydrogen-bond donors (Lipinski definition) is 1. The quantitative estimate of drug-likeness (QED) is 0.810. The number of nitrogens with zero attached hydrogens (tertiary/aromatic N) is 3. The van der Waals surface area contributed by atoms with Gasteiger partial charge in [-0.25, -0.2) is 8.42 Å². The molecule has 3 atom stereocenters. The van der Waals surface area contributed by atoms with Crippen LogP contribution in [0.25, 0.3) is 0 Å². The summed E-state index contributed by atoms with van der Waals surface area (Å²) in [6.45, 7) is 1.98. The normalized spacial score (nSPS) is 32.2. The molecule has 0 spiro atoms. The molecule has 158 valence electrons. The Kier molecular flexibility index (Phi) is 3.67. The average molecular weight is 427 g/mol. The summed E-state index contributed by atoms with van der Waals surface area (Å²) in [5, 5.41) is 8.04.